The molecular weight excluding hydrogens is 1140 g/mol. The molecule has 3 saturated heterocycles. The molecule has 0 N–H and O–H groups in total. The van der Waals surface area contributed by atoms with Gasteiger partial charge in [-0.25, -0.2) is 13.2 Å². The van der Waals surface area contributed by atoms with Crippen molar-refractivity contribution in [2.45, 2.75) is 123 Å². The Hall–Kier alpha value is -8.18. The number of carbonyl (C=O) groups excluding carboxylic acids is 3. The van der Waals surface area contributed by atoms with Crippen molar-refractivity contribution in [2.75, 3.05) is 66.0 Å². The molecule has 0 saturated carbocycles. The van der Waals surface area contributed by atoms with Crippen molar-refractivity contribution in [2.24, 2.45) is 0 Å². The number of aryl methyl sites for hydroxylation is 3. The number of carbonyl (C=O) groups is 3. The topological polar surface area (TPSA) is 113 Å². The van der Waals surface area contributed by atoms with Gasteiger partial charge in [-0.3, -0.25) is 14.4 Å². The van der Waals surface area contributed by atoms with Gasteiger partial charge < -0.3 is 47.3 Å². The van der Waals surface area contributed by atoms with Crippen LogP contribution in [0, 0.1) is 17.5 Å². The quantitative estimate of drug-likeness (QED) is 0.0574. The molecule has 474 valence electrons. The smallest absolute Gasteiger partial charge is 0.164 e. The van der Waals surface area contributed by atoms with Crippen LogP contribution in [0.2, 0.25) is 0 Å². The summed E-state index contributed by atoms with van der Waals surface area (Å²) in [6.07, 6.45) is 16.0. The van der Waals surface area contributed by atoms with Crippen LogP contribution in [-0.4, -0.2) is 130 Å². The lowest BCUT2D eigenvalue weighted by Gasteiger charge is -2.32. The highest BCUT2D eigenvalue weighted by atomic mass is 19.1. The largest absolute Gasteiger partial charge is 0.495 e. The van der Waals surface area contributed by atoms with Gasteiger partial charge in [0, 0.05) is 128 Å². The molecule has 0 amide bonds. The number of hydrogen-bond donors (Lipinski definition) is 0. The number of hydrogen-bond acceptors (Lipinski definition) is 10. The van der Waals surface area contributed by atoms with Crippen molar-refractivity contribution in [3.8, 4) is 23.0 Å². The lowest BCUT2D eigenvalue weighted by atomic mass is 10.1. The number of benzene rings is 6. The molecule has 3 aliphatic rings. The van der Waals surface area contributed by atoms with Crippen LogP contribution in [0.15, 0.2) is 158 Å². The van der Waals surface area contributed by atoms with Crippen LogP contribution in [0.4, 0.5) is 13.2 Å². The van der Waals surface area contributed by atoms with Crippen LogP contribution in [0.3, 0.4) is 0 Å². The number of rotatable bonds is 23. The minimum Gasteiger partial charge on any atom is -0.495 e. The Kier molecular flexibility index (Phi) is 22.7. The number of piperidine rings is 3. The maximum Gasteiger partial charge on any atom is 0.164 e. The molecule has 0 bridgehead atoms. The monoisotopic (exact) mass is 1230 g/mol. The number of fused-ring (bicyclic) bond motifs is 3. The zero-order valence-corrected chi connectivity index (χ0v) is 52.5. The van der Waals surface area contributed by atoms with E-state index in [1.165, 1.54) is 36.4 Å². The minimum atomic E-state index is -0.245. The molecule has 90 heavy (non-hydrogen) atoms. The number of methoxy groups -OCH3 is 1. The second-order valence-electron chi connectivity index (χ2n) is 23.9. The Balaban J connectivity index is 0.000000149. The number of halogens is 3. The van der Waals surface area contributed by atoms with Crippen molar-refractivity contribution >= 4 is 50.1 Å². The molecule has 0 aliphatic carbocycles. The number of likely N-dealkylation sites (tertiary alicyclic amines) is 3. The highest BCUT2D eigenvalue weighted by Crippen LogP contribution is 2.32. The molecular formula is C74H85F3N6O7. The van der Waals surface area contributed by atoms with Gasteiger partial charge in [-0.15, -0.1) is 0 Å². The SMILES string of the molecule is CC(=O)c1cn(CCCN2CCC(Oc3ccc(F)cc3)CC2)c2ccccc12.CCC(=O)c1cn(CCCN2CCC(Oc3ccc(F)cc3)CC2)c2ccccc12.COc1cccc2c(C(C)=O)cn(CCCN3CCC(Oc4ccc(F)cc4)CC3)c12. The molecule has 3 aliphatic heterocycles. The van der Waals surface area contributed by atoms with E-state index in [9.17, 15) is 27.6 Å². The van der Waals surface area contributed by atoms with Crippen molar-refractivity contribution in [1.29, 1.82) is 0 Å². The summed E-state index contributed by atoms with van der Waals surface area (Å²) in [5.74, 6) is 2.68. The van der Waals surface area contributed by atoms with E-state index in [0.29, 0.717) is 6.42 Å². The third-order valence-corrected chi connectivity index (χ3v) is 17.6. The van der Waals surface area contributed by atoms with Crippen LogP contribution < -0.4 is 18.9 Å². The minimum absolute atomic E-state index is 0.0697. The lowest BCUT2D eigenvalue weighted by molar-refractivity contribution is 0.0984. The molecule has 0 atom stereocenters. The molecule has 9 aromatic rings. The standard InChI is InChI=1S/C25H29FN2O3.C25H29FN2O2.C24H27FN2O2/c1-18(29)23-17-28(25-22(23)5-3-6-24(25)30-2)14-4-13-27-15-11-21(12-16-27)31-20-9-7-19(26)8-10-20;1-2-25(29)23-18-28(24-7-4-3-6-22(23)24)15-5-14-27-16-12-21(13-17-27)30-20-10-8-19(26)9-11-20;1-18(28)23-17-27(24-6-3-2-5-22(23)24)14-4-13-26-15-11-21(12-16-26)29-20-9-7-19(25)8-10-20/h3,5-10,17,21H,4,11-16H2,1-2H3;3-4,6-11,18,21H,2,5,12-17H2,1H3;2-3,5-10,17,21H,4,11-16H2,1H3. The van der Waals surface area contributed by atoms with Gasteiger partial charge in [0.05, 0.1) is 12.6 Å². The molecule has 6 heterocycles. The maximum atomic E-state index is 13.0. The van der Waals surface area contributed by atoms with Crippen LogP contribution in [0.25, 0.3) is 32.7 Å². The zero-order chi connectivity index (χ0) is 62.9. The number of nitrogens with zero attached hydrogens (tertiary/aromatic N) is 6. The van der Waals surface area contributed by atoms with Crippen molar-refractivity contribution in [3.63, 3.8) is 0 Å². The van der Waals surface area contributed by atoms with E-state index in [0.717, 1.165) is 209 Å². The summed E-state index contributed by atoms with van der Waals surface area (Å²) in [5.41, 5.74) is 5.64. The number of ether oxygens (including phenoxy) is 4. The second kappa shape index (κ2) is 31.5. The summed E-state index contributed by atoms with van der Waals surface area (Å²) in [6.45, 7) is 16.9. The van der Waals surface area contributed by atoms with Gasteiger partial charge in [0.1, 0.15) is 58.8 Å². The highest BCUT2D eigenvalue weighted by Gasteiger charge is 2.25. The number of Topliss-reactive ketones (excluding diaryl/α,β-unsaturated/α-hetero) is 3. The third-order valence-electron chi connectivity index (χ3n) is 17.6. The van der Waals surface area contributed by atoms with E-state index in [2.05, 4.69) is 40.5 Å². The first kappa shape index (κ1) is 64.8. The molecule has 0 unspecified atom stereocenters. The van der Waals surface area contributed by atoms with E-state index in [4.69, 9.17) is 18.9 Å². The van der Waals surface area contributed by atoms with Crippen LogP contribution in [0.5, 0.6) is 23.0 Å². The Morgan fingerprint density at radius 3 is 1.16 bits per heavy atom. The summed E-state index contributed by atoms with van der Waals surface area (Å²) < 4.78 is 69.1. The van der Waals surface area contributed by atoms with Crippen LogP contribution >= 0.6 is 0 Å². The summed E-state index contributed by atoms with van der Waals surface area (Å²) in [6, 6.07) is 40.9. The summed E-state index contributed by atoms with van der Waals surface area (Å²) in [7, 11) is 1.66. The molecule has 13 nitrogen and oxygen atoms in total. The fourth-order valence-corrected chi connectivity index (χ4v) is 12.8. The van der Waals surface area contributed by atoms with Crippen molar-refractivity contribution < 1.29 is 46.5 Å². The van der Waals surface area contributed by atoms with Crippen LogP contribution in [-0.2, 0) is 19.6 Å². The molecule has 0 spiro atoms. The first-order valence-electron chi connectivity index (χ1n) is 32.1. The predicted octanol–water partition coefficient (Wildman–Crippen LogP) is 15.1. The Bertz CT molecular complexity index is 3780. The average molecular weight is 1230 g/mol. The second-order valence-corrected chi connectivity index (χ2v) is 23.9. The average Bonchev–Trinajstić information content (AvgIpc) is 1.70. The Labute approximate surface area is 526 Å². The third kappa shape index (κ3) is 17.2. The lowest BCUT2D eigenvalue weighted by Crippen LogP contribution is -2.38. The van der Waals surface area contributed by atoms with E-state index in [1.54, 1.807) is 57.4 Å². The first-order valence-corrected chi connectivity index (χ1v) is 32.1. The van der Waals surface area contributed by atoms with Gasteiger partial charge in [-0.1, -0.05) is 55.5 Å². The fourth-order valence-electron chi connectivity index (χ4n) is 12.8. The molecule has 0 radical (unpaired) electrons. The van der Waals surface area contributed by atoms with Gasteiger partial charge in [0.25, 0.3) is 0 Å². The van der Waals surface area contributed by atoms with E-state index >= 15 is 0 Å². The van der Waals surface area contributed by atoms with Gasteiger partial charge in [0.2, 0.25) is 0 Å². The predicted molar refractivity (Wildman–Crippen MR) is 350 cm³/mol. The normalized spacial score (nSPS) is 15.5. The van der Waals surface area contributed by atoms with Crippen molar-refractivity contribution in [3.05, 3.63) is 192 Å². The fraction of sp³-hybridized carbons (Fsp3) is 0.392. The van der Waals surface area contributed by atoms with Gasteiger partial charge in [-0.2, -0.15) is 0 Å². The molecule has 3 fully saturated rings. The summed E-state index contributed by atoms with van der Waals surface area (Å²) in [4.78, 5) is 43.7. The molecule has 12 rings (SSSR count). The summed E-state index contributed by atoms with van der Waals surface area (Å²) in [5, 5.41) is 3.05. The Morgan fingerprint density at radius 1 is 0.422 bits per heavy atom. The van der Waals surface area contributed by atoms with Gasteiger partial charge in [-0.05, 0) is 182 Å². The van der Waals surface area contributed by atoms with Gasteiger partial charge in [0.15, 0.2) is 17.3 Å². The Morgan fingerprint density at radius 2 is 0.767 bits per heavy atom. The number of para-hydroxylation sites is 3. The number of ketones is 3. The number of aromatic nitrogens is 3. The van der Waals surface area contributed by atoms with Crippen LogP contribution in [0.1, 0.15) is 116 Å². The molecule has 16 heteroatoms. The zero-order valence-electron chi connectivity index (χ0n) is 52.5. The maximum absolute atomic E-state index is 13.0. The molecule has 3 aromatic heterocycles. The van der Waals surface area contributed by atoms with E-state index in [1.807, 2.05) is 80.1 Å². The van der Waals surface area contributed by atoms with E-state index in [-0.39, 0.29) is 53.1 Å². The first-order chi connectivity index (χ1) is 43.8. The highest BCUT2D eigenvalue weighted by molar-refractivity contribution is 6.09. The summed E-state index contributed by atoms with van der Waals surface area (Å²) >= 11 is 0. The van der Waals surface area contributed by atoms with Crippen molar-refractivity contribution in [1.82, 2.24) is 28.4 Å². The molecule has 6 aromatic carbocycles. The van der Waals surface area contributed by atoms with Gasteiger partial charge >= 0.3 is 0 Å². The van der Waals surface area contributed by atoms with E-state index < -0.39 is 0 Å².